The Balaban J connectivity index is 1.45. The molecule has 4 rings (SSSR count). The van der Waals surface area contributed by atoms with E-state index in [9.17, 15) is 0 Å². The lowest BCUT2D eigenvalue weighted by atomic mass is 9.96. The van der Waals surface area contributed by atoms with E-state index in [0.29, 0.717) is 12.5 Å². The molecule has 8 nitrogen and oxygen atoms in total. The fraction of sp³-hybridized carbons (Fsp3) is 0.500. The highest BCUT2D eigenvalue weighted by Gasteiger charge is 2.26. The van der Waals surface area contributed by atoms with E-state index in [1.807, 2.05) is 37.0 Å². The van der Waals surface area contributed by atoms with E-state index in [-0.39, 0.29) is 0 Å². The summed E-state index contributed by atoms with van der Waals surface area (Å²) in [6.07, 6.45) is 7.64. The highest BCUT2D eigenvalue weighted by atomic mass is 15.3. The van der Waals surface area contributed by atoms with Crippen LogP contribution < -0.4 is 4.90 Å². The smallest absolute Gasteiger partial charge is 0.154 e. The van der Waals surface area contributed by atoms with Crippen LogP contribution in [0.25, 0.3) is 0 Å². The van der Waals surface area contributed by atoms with Crippen molar-refractivity contribution in [1.29, 1.82) is 0 Å². The normalized spacial score (nSPS) is 15.6. The van der Waals surface area contributed by atoms with Gasteiger partial charge in [-0.15, -0.1) is 10.2 Å². The zero-order chi connectivity index (χ0) is 18.1. The lowest BCUT2D eigenvalue weighted by Crippen LogP contribution is -2.35. The lowest BCUT2D eigenvalue weighted by Gasteiger charge is -2.33. The summed E-state index contributed by atoms with van der Waals surface area (Å²) in [5.41, 5.74) is 1.96. The van der Waals surface area contributed by atoms with Crippen LogP contribution in [0, 0.1) is 13.8 Å². The molecule has 1 aliphatic rings. The molecule has 0 aliphatic carbocycles. The van der Waals surface area contributed by atoms with Crippen molar-refractivity contribution in [3.8, 4) is 0 Å². The molecular weight excluding hydrogens is 328 g/mol. The third kappa shape index (κ3) is 3.18. The van der Waals surface area contributed by atoms with Gasteiger partial charge in [0.15, 0.2) is 5.82 Å². The number of hydrogen-bond acceptors (Lipinski definition) is 6. The molecule has 1 fully saturated rings. The highest BCUT2D eigenvalue weighted by Crippen LogP contribution is 2.29. The van der Waals surface area contributed by atoms with Crippen LogP contribution >= 0.6 is 0 Å². The Morgan fingerprint density at radius 3 is 2.69 bits per heavy atom. The van der Waals surface area contributed by atoms with Crippen LogP contribution in [-0.4, -0.2) is 47.6 Å². The van der Waals surface area contributed by atoms with Gasteiger partial charge in [0, 0.05) is 44.6 Å². The Hall–Kier alpha value is -2.77. The molecule has 0 bridgehead atoms. The van der Waals surface area contributed by atoms with Gasteiger partial charge in [0.2, 0.25) is 0 Å². The number of aromatic nitrogens is 7. The molecule has 0 atom stereocenters. The van der Waals surface area contributed by atoms with Gasteiger partial charge in [-0.1, -0.05) is 0 Å². The van der Waals surface area contributed by atoms with Crippen LogP contribution in [0.5, 0.6) is 0 Å². The summed E-state index contributed by atoms with van der Waals surface area (Å²) in [4.78, 5) is 11.5. The molecule has 0 aromatic carbocycles. The Morgan fingerprint density at radius 1 is 1.15 bits per heavy atom. The zero-order valence-electron chi connectivity index (χ0n) is 15.5. The first-order valence-electron chi connectivity index (χ1n) is 9.02. The summed E-state index contributed by atoms with van der Waals surface area (Å²) in [5.74, 6) is 3.44. The van der Waals surface area contributed by atoms with E-state index >= 15 is 0 Å². The Bertz CT molecular complexity index is 875. The number of nitrogens with zero attached hydrogens (tertiary/aromatic N) is 8. The minimum absolute atomic E-state index is 0.424. The topological polar surface area (TPSA) is 77.5 Å². The molecule has 8 heteroatoms. The molecule has 0 saturated carbocycles. The number of piperidine rings is 1. The summed E-state index contributed by atoms with van der Waals surface area (Å²) in [6, 6.07) is 1.92. The van der Waals surface area contributed by atoms with Gasteiger partial charge in [-0.3, -0.25) is 9.67 Å². The van der Waals surface area contributed by atoms with Crippen molar-refractivity contribution in [1.82, 2.24) is 34.5 Å². The number of aryl methyl sites for hydroxylation is 2. The summed E-state index contributed by atoms with van der Waals surface area (Å²) in [5, 5.41) is 13.1. The van der Waals surface area contributed by atoms with Crippen molar-refractivity contribution < 1.29 is 0 Å². The monoisotopic (exact) mass is 352 g/mol. The fourth-order valence-corrected chi connectivity index (χ4v) is 3.58. The van der Waals surface area contributed by atoms with Crippen LogP contribution in [0.4, 0.5) is 5.82 Å². The lowest BCUT2D eigenvalue weighted by molar-refractivity contribution is 0.468. The van der Waals surface area contributed by atoms with E-state index in [4.69, 9.17) is 0 Å². The zero-order valence-corrected chi connectivity index (χ0v) is 15.5. The van der Waals surface area contributed by atoms with Gasteiger partial charge in [-0.25, -0.2) is 4.98 Å². The van der Waals surface area contributed by atoms with Gasteiger partial charge in [0.25, 0.3) is 0 Å². The number of hydrogen-bond donors (Lipinski definition) is 0. The van der Waals surface area contributed by atoms with E-state index in [2.05, 4.69) is 41.8 Å². The van der Waals surface area contributed by atoms with Crippen molar-refractivity contribution in [3.05, 3.63) is 47.7 Å². The highest BCUT2D eigenvalue weighted by molar-refractivity contribution is 5.43. The molecule has 0 unspecified atom stereocenters. The molecule has 136 valence electrons. The molecule has 0 spiro atoms. The number of rotatable bonds is 4. The van der Waals surface area contributed by atoms with Crippen molar-refractivity contribution in [3.63, 3.8) is 0 Å². The largest absolute Gasteiger partial charge is 0.355 e. The second-order valence-corrected chi connectivity index (χ2v) is 6.92. The van der Waals surface area contributed by atoms with E-state index in [1.54, 1.807) is 6.20 Å². The third-order valence-electron chi connectivity index (χ3n) is 5.07. The van der Waals surface area contributed by atoms with E-state index < -0.39 is 0 Å². The van der Waals surface area contributed by atoms with Gasteiger partial charge in [-0.05, 0) is 32.8 Å². The van der Waals surface area contributed by atoms with Crippen molar-refractivity contribution >= 4 is 5.82 Å². The average Bonchev–Trinajstić information content (AvgIpc) is 3.28. The molecule has 3 aromatic heterocycles. The van der Waals surface area contributed by atoms with Crippen molar-refractivity contribution in [2.75, 3.05) is 18.0 Å². The standard InChI is InChI=1S/C18H24N8/c1-13-11-19-14(2)17(21-13)25-9-5-15(6-10-25)18-23-22-16(24(18)3)12-26-8-4-7-20-26/h4,7-8,11,15H,5-6,9-10,12H2,1-3H3. The van der Waals surface area contributed by atoms with E-state index in [0.717, 1.165) is 54.8 Å². The second-order valence-electron chi connectivity index (χ2n) is 6.92. The molecule has 0 amide bonds. The molecular formula is C18H24N8. The molecule has 0 N–H and O–H groups in total. The first-order chi connectivity index (χ1) is 12.6. The quantitative estimate of drug-likeness (QED) is 0.713. The average molecular weight is 352 g/mol. The molecule has 3 aromatic rings. The first-order valence-corrected chi connectivity index (χ1v) is 9.02. The molecule has 1 aliphatic heterocycles. The minimum atomic E-state index is 0.424. The maximum absolute atomic E-state index is 4.68. The van der Waals surface area contributed by atoms with E-state index in [1.165, 1.54) is 0 Å². The summed E-state index contributed by atoms with van der Waals surface area (Å²) in [6.45, 7) is 6.59. The van der Waals surface area contributed by atoms with Gasteiger partial charge < -0.3 is 9.47 Å². The van der Waals surface area contributed by atoms with Gasteiger partial charge in [0.1, 0.15) is 18.2 Å². The SMILES string of the molecule is Cc1cnc(C)c(N2CCC(c3nnc(Cn4cccn4)n3C)CC2)n1. The third-order valence-corrected chi connectivity index (χ3v) is 5.07. The van der Waals surface area contributed by atoms with Crippen molar-refractivity contribution in [2.45, 2.75) is 39.2 Å². The summed E-state index contributed by atoms with van der Waals surface area (Å²) < 4.78 is 4.00. The van der Waals surface area contributed by atoms with Gasteiger partial charge in [0.05, 0.1) is 11.4 Å². The van der Waals surface area contributed by atoms with Crippen LogP contribution in [0.1, 0.15) is 41.8 Å². The molecule has 4 heterocycles. The Labute approximate surface area is 152 Å². The van der Waals surface area contributed by atoms with Gasteiger partial charge in [-0.2, -0.15) is 5.10 Å². The number of anilines is 1. The summed E-state index contributed by atoms with van der Waals surface area (Å²) in [7, 11) is 2.05. The Kier molecular flexibility index (Phi) is 4.40. The van der Waals surface area contributed by atoms with Crippen LogP contribution in [0.3, 0.4) is 0 Å². The second kappa shape index (κ2) is 6.86. The maximum Gasteiger partial charge on any atom is 0.154 e. The van der Waals surface area contributed by atoms with Crippen LogP contribution in [-0.2, 0) is 13.6 Å². The predicted octanol–water partition coefficient (Wildman–Crippen LogP) is 1.85. The first kappa shape index (κ1) is 16.7. The maximum atomic E-state index is 4.68. The molecule has 1 saturated heterocycles. The van der Waals surface area contributed by atoms with Crippen LogP contribution in [0.15, 0.2) is 24.7 Å². The van der Waals surface area contributed by atoms with Crippen LogP contribution in [0.2, 0.25) is 0 Å². The summed E-state index contributed by atoms with van der Waals surface area (Å²) >= 11 is 0. The predicted molar refractivity (Wildman–Crippen MR) is 98.0 cm³/mol. The van der Waals surface area contributed by atoms with Gasteiger partial charge >= 0.3 is 0 Å². The molecule has 0 radical (unpaired) electrons. The fourth-order valence-electron chi connectivity index (χ4n) is 3.58. The minimum Gasteiger partial charge on any atom is -0.355 e. The molecule has 26 heavy (non-hydrogen) atoms. The van der Waals surface area contributed by atoms with Crippen molar-refractivity contribution in [2.24, 2.45) is 7.05 Å². The Morgan fingerprint density at radius 2 is 1.96 bits per heavy atom.